The van der Waals surface area contributed by atoms with Crippen molar-refractivity contribution in [1.29, 1.82) is 0 Å². The highest BCUT2D eigenvalue weighted by atomic mass is 19.3. The molecule has 0 amide bonds. The Labute approximate surface area is 81.9 Å². The predicted molar refractivity (Wildman–Crippen MR) is 50.2 cm³/mol. The molecular formula is C9H15F2N3. The molecule has 5 heteroatoms. The molecule has 1 heterocycles. The van der Waals surface area contributed by atoms with E-state index in [1.165, 1.54) is 10.9 Å². The maximum Gasteiger partial charge on any atom is 0.264 e. The van der Waals surface area contributed by atoms with Crippen LogP contribution in [0.15, 0.2) is 12.3 Å². The van der Waals surface area contributed by atoms with E-state index < -0.39 is 5.92 Å². The summed E-state index contributed by atoms with van der Waals surface area (Å²) in [5, 5.41) is 3.85. The lowest BCUT2D eigenvalue weighted by Crippen LogP contribution is -2.21. The number of nitrogens with zero attached hydrogens (tertiary/aromatic N) is 2. The van der Waals surface area contributed by atoms with E-state index in [0.29, 0.717) is 13.0 Å². The summed E-state index contributed by atoms with van der Waals surface area (Å²) in [6, 6.07) is 1.75. The van der Waals surface area contributed by atoms with Crippen molar-refractivity contribution in [3.05, 3.63) is 18.0 Å². The van der Waals surface area contributed by atoms with Crippen LogP contribution in [0.2, 0.25) is 0 Å². The fraction of sp³-hybridized carbons (Fsp3) is 0.667. The van der Waals surface area contributed by atoms with Crippen LogP contribution in [-0.2, 0) is 13.0 Å². The van der Waals surface area contributed by atoms with Gasteiger partial charge in [-0.3, -0.25) is 4.68 Å². The van der Waals surface area contributed by atoms with Crippen LogP contribution in [0.1, 0.15) is 19.0 Å². The van der Waals surface area contributed by atoms with Crippen molar-refractivity contribution < 1.29 is 8.78 Å². The number of hydrogen-bond acceptors (Lipinski definition) is 2. The molecule has 1 aromatic heterocycles. The van der Waals surface area contributed by atoms with Crippen molar-refractivity contribution in [3.63, 3.8) is 0 Å². The summed E-state index contributed by atoms with van der Waals surface area (Å²) in [6.45, 7) is 1.09. The number of aryl methyl sites for hydroxylation is 1. The quantitative estimate of drug-likeness (QED) is 0.786. The van der Waals surface area contributed by atoms with Crippen LogP contribution in [0.25, 0.3) is 0 Å². The third kappa shape index (κ3) is 3.41. The van der Waals surface area contributed by atoms with Crippen LogP contribution in [0.4, 0.5) is 8.78 Å². The number of nitrogens with two attached hydrogens (primary N) is 1. The maximum atomic E-state index is 12.7. The summed E-state index contributed by atoms with van der Waals surface area (Å²) in [7, 11) is 0. The van der Waals surface area contributed by atoms with Crippen molar-refractivity contribution in [2.75, 3.05) is 6.54 Å². The van der Waals surface area contributed by atoms with Crippen molar-refractivity contribution in [3.8, 4) is 0 Å². The van der Waals surface area contributed by atoms with Gasteiger partial charge in [-0.1, -0.05) is 0 Å². The highest BCUT2D eigenvalue weighted by Gasteiger charge is 2.23. The molecule has 0 atom stereocenters. The zero-order valence-electron chi connectivity index (χ0n) is 8.21. The van der Waals surface area contributed by atoms with Crippen LogP contribution in [0.3, 0.4) is 0 Å². The standard InChI is InChI=1S/C9H15F2N3/c1-9(10,11)7-14-8(3-2-5-12)4-6-13-14/h4,6H,2-3,5,7,12H2,1H3. The molecule has 14 heavy (non-hydrogen) atoms. The van der Waals surface area contributed by atoms with E-state index in [9.17, 15) is 8.78 Å². The minimum atomic E-state index is -2.72. The molecule has 0 spiro atoms. The molecule has 0 fully saturated rings. The average molecular weight is 203 g/mol. The van der Waals surface area contributed by atoms with Crippen molar-refractivity contribution >= 4 is 0 Å². The van der Waals surface area contributed by atoms with E-state index in [2.05, 4.69) is 5.10 Å². The molecule has 0 radical (unpaired) electrons. The summed E-state index contributed by atoms with van der Waals surface area (Å²) in [5.41, 5.74) is 6.16. The second kappa shape index (κ2) is 4.50. The molecule has 0 aliphatic heterocycles. The number of rotatable bonds is 5. The number of hydrogen-bond donors (Lipinski definition) is 1. The molecule has 0 bridgehead atoms. The van der Waals surface area contributed by atoms with Gasteiger partial charge in [-0.2, -0.15) is 5.10 Å². The first-order valence-electron chi connectivity index (χ1n) is 4.61. The summed E-state index contributed by atoms with van der Waals surface area (Å²) >= 11 is 0. The molecule has 2 N–H and O–H groups in total. The molecule has 0 saturated heterocycles. The third-order valence-corrected chi connectivity index (χ3v) is 1.87. The fourth-order valence-electron chi connectivity index (χ4n) is 1.26. The molecule has 1 aromatic rings. The van der Waals surface area contributed by atoms with Gasteiger partial charge in [0.25, 0.3) is 5.92 Å². The number of aromatic nitrogens is 2. The Morgan fingerprint density at radius 2 is 2.29 bits per heavy atom. The molecule has 1 rings (SSSR count). The number of alkyl halides is 2. The first-order chi connectivity index (χ1) is 6.53. The lowest BCUT2D eigenvalue weighted by atomic mass is 10.2. The Morgan fingerprint density at radius 1 is 1.57 bits per heavy atom. The second-order valence-electron chi connectivity index (χ2n) is 3.44. The predicted octanol–water partition coefficient (Wildman–Crippen LogP) is 1.43. The molecule has 80 valence electrons. The molecule has 3 nitrogen and oxygen atoms in total. The van der Waals surface area contributed by atoms with E-state index in [-0.39, 0.29) is 6.54 Å². The lowest BCUT2D eigenvalue weighted by molar-refractivity contribution is -0.000214. The third-order valence-electron chi connectivity index (χ3n) is 1.87. The van der Waals surface area contributed by atoms with Gasteiger partial charge in [0.1, 0.15) is 6.54 Å². The van der Waals surface area contributed by atoms with Crippen LogP contribution in [-0.4, -0.2) is 22.2 Å². The first-order valence-corrected chi connectivity index (χ1v) is 4.61. The van der Waals surface area contributed by atoms with Gasteiger partial charge in [-0.25, -0.2) is 8.78 Å². The Hall–Kier alpha value is -0.970. The largest absolute Gasteiger partial charge is 0.330 e. The van der Waals surface area contributed by atoms with Gasteiger partial charge >= 0.3 is 0 Å². The van der Waals surface area contributed by atoms with Gasteiger partial charge in [-0.05, 0) is 25.5 Å². The fourth-order valence-corrected chi connectivity index (χ4v) is 1.26. The highest BCUT2D eigenvalue weighted by molar-refractivity contribution is 5.01. The van der Waals surface area contributed by atoms with Crippen LogP contribution in [0, 0.1) is 0 Å². The maximum absolute atomic E-state index is 12.7. The van der Waals surface area contributed by atoms with Gasteiger partial charge in [0, 0.05) is 18.8 Å². The Balaban J connectivity index is 2.63. The molecule has 0 aliphatic carbocycles. The van der Waals surface area contributed by atoms with Crippen molar-refractivity contribution in [1.82, 2.24) is 9.78 Å². The Morgan fingerprint density at radius 3 is 2.86 bits per heavy atom. The van der Waals surface area contributed by atoms with E-state index in [0.717, 1.165) is 19.0 Å². The number of halogens is 2. The summed E-state index contributed by atoms with van der Waals surface area (Å²) in [5.74, 6) is -2.72. The van der Waals surface area contributed by atoms with Crippen LogP contribution in [0.5, 0.6) is 0 Å². The lowest BCUT2D eigenvalue weighted by Gasteiger charge is -2.12. The van der Waals surface area contributed by atoms with Gasteiger partial charge in [0.15, 0.2) is 0 Å². The highest BCUT2D eigenvalue weighted by Crippen LogP contribution is 2.15. The van der Waals surface area contributed by atoms with E-state index >= 15 is 0 Å². The first kappa shape index (κ1) is 11.1. The zero-order chi connectivity index (χ0) is 10.6. The van der Waals surface area contributed by atoms with Gasteiger partial charge < -0.3 is 5.73 Å². The van der Waals surface area contributed by atoms with E-state index in [1.54, 1.807) is 6.07 Å². The minimum absolute atomic E-state index is 0.361. The molecule has 0 aromatic carbocycles. The summed E-state index contributed by atoms with van der Waals surface area (Å²) in [6.07, 6.45) is 3.03. The Kier molecular flexibility index (Phi) is 3.57. The second-order valence-corrected chi connectivity index (χ2v) is 3.44. The summed E-state index contributed by atoms with van der Waals surface area (Å²) in [4.78, 5) is 0. The smallest absolute Gasteiger partial charge is 0.264 e. The van der Waals surface area contributed by atoms with Crippen molar-refractivity contribution in [2.24, 2.45) is 5.73 Å². The normalized spacial score (nSPS) is 12.0. The van der Waals surface area contributed by atoms with Gasteiger partial charge in [-0.15, -0.1) is 0 Å². The van der Waals surface area contributed by atoms with Crippen molar-refractivity contribution in [2.45, 2.75) is 32.2 Å². The molecule has 0 saturated carbocycles. The topological polar surface area (TPSA) is 43.8 Å². The minimum Gasteiger partial charge on any atom is -0.330 e. The molecule has 0 aliphatic rings. The van der Waals surface area contributed by atoms with E-state index in [1.807, 2.05) is 0 Å². The van der Waals surface area contributed by atoms with Crippen LogP contribution >= 0.6 is 0 Å². The van der Waals surface area contributed by atoms with Gasteiger partial charge in [0.05, 0.1) is 0 Å². The average Bonchev–Trinajstić information content (AvgIpc) is 2.45. The van der Waals surface area contributed by atoms with E-state index in [4.69, 9.17) is 5.73 Å². The van der Waals surface area contributed by atoms with Gasteiger partial charge in [0.2, 0.25) is 0 Å². The zero-order valence-corrected chi connectivity index (χ0v) is 8.21. The Bertz CT molecular complexity index is 278. The molecule has 0 unspecified atom stereocenters. The SMILES string of the molecule is CC(F)(F)Cn1nccc1CCCN. The summed E-state index contributed by atoms with van der Waals surface area (Å²) < 4.78 is 26.7. The van der Waals surface area contributed by atoms with Crippen LogP contribution < -0.4 is 5.73 Å². The monoisotopic (exact) mass is 203 g/mol. The molecular weight excluding hydrogens is 188 g/mol.